The molecule has 1 aliphatic heterocycles. The smallest absolute Gasteiger partial charge is 0.283 e. The Morgan fingerprint density at radius 2 is 1.79 bits per heavy atom. The van der Waals surface area contributed by atoms with Crippen LogP contribution < -0.4 is 15.0 Å². The highest BCUT2D eigenvalue weighted by molar-refractivity contribution is 6.53. The molecule has 0 atom stereocenters. The predicted octanol–water partition coefficient (Wildman–Crippen LogP) is 3.44. The molecule has 0 fully saturated rings. The molecular formula is C18H15ClN2O3. The Hall–Kier alpha value is -2.79. The number of hydrogen-bond acceptors (Lipinski definition) is 4. The Kier molecular flexibility index (Phi) is 4.27. The summed E-state index contributed by atoms with van der Waals surface area (Å²) in [7, 11) is 1.52. The number of ether oxygens (including phenoxy) is 1. The zero-order valence-electron chi connectivity index (χ0n) is 13.2. The van der Waals surface area contributed by atoms with E-state index in [-0.39, 0.29) is 10.7 Å². The van der Waals surface area contributed by atoms with Gasteiger partial charge in [-0.25, -0.2) is 4.90 Å². The molecule has 122 valence electrons. The van der Waals surface area contributed by atoms with E-state index in [1.54, 1.807) is 42.5 Å². The van der Waals surface area contributed by atoms with Crippen LogP contribution in [-0.4, -0.2) is 18.9 Å². The molecule has 6 heteroatoms. The number of rotatable bonds is 4. The van der Waals surface area contributed by atoms with Gasteiger partial charge in [-0.3, -0.25) is 9.59 Å². The number of carbonyl (C=O) groups is 2. The monoisotopic (exact) mass is 342 g/mol. The Morgan fingerprint density at radius 3 is 2.50 bits per heavy atom. The van der Waals surface area contributed by atoms with Crippen molar-refractivity contribution in [2.75, 3.05) is 17.3 Å². The van der Waals surface area contributed by atoms with E-state index in [2.05, 4.69) is 5.32 Å². The summed E-state index contributed by atoms with van der Waals surface area (Å²) < 4.78 is 5.24. The van der Waals surface area contributed by atoms with Crippen molar-refractivity contribution in [3.8, 4) is 5.75 Å². The van der Waals surface area contributed by atoms with Crippen molar-refractivity contribution in [3.63, 3.8) is 0 Å². The van der Waals surface area contributed by atoms with Gasteiger partial charge in [-0.1, -0.05) is 35.9 Å². The second-order valence-corrected chi connectivity index (χ2v) is 5.68. The highest BCUT2D eigenvalue weighted by Gasteiger charge is 2.39. The third-order valence-electron chi connectivity index (χ3n) is 3.65. The number of para-hydroxylation sites is 2. The van der Waals surface area contributed by atoms with Crippen LogP contribution in [0.25, 0.3) is 0 Å². The van der Waals surface area contributed by atoms with Gasteiger partial charge in [0.25, 0.3) is 11.8 Å². The summed E-state index contributed by atoms with van der Waals surface area (Å²) in [5.74, 6) is -0.505. The van der Waals surface area contributed by atoms with Gasteiger partial charge >= 0.3 is 0 Å². The first-order valence-corrected chi connectivity index (χ1v) is 7.66. The van der Waals surface area contributed by atoms with E-state index in [0.29, 0.717) is 17.1 Å². The van der Waals surface area contributed by atoms with Gasteiger partial charge in [0.05, 0.1) is 18.5 Å². The summed E-state index contributed by atoms with van der Waals surface area (Å²) in [5.41, 5.74) is 2.02. The molecule has 1 heterocycles. The standard InChI is InChI=1S/C18H15ClN2O3/c1-11-6-5-7-12(10-11)21-17(22)15(19)16(18(21)23)20-13-8-3-4-9-14(13)24-2/h3-10,20H,1-2H3. The molecule has 0 aromatic heterocycles. The molecule has 2 aromatic rings. The third-order valence-corrected chi connectivity index (χ3v) is 4.00. The van der Waals surface area contributed by atoms with E-state index in [1.165, 1.54) is 7.11 Å². The highest BCUT2D eigenvalue weighted by Crippen LogP contribution is 2.32. The summed E-state index contributed by atoms with van der Waals surface area (Å²) in [6.45, 7) is 1.89. The predicted molar refractivity (Wildman–Crippen MR) is 93.2 cm³/mol. The second kappa shape index (κ2) is 6.37. The molecule has 0 saturated carbocycles. The van der Waals surface area contributed by atoms with E-state index in [0.717, 1.165) is 10.5 Å². The number of hydrogen-bond donors (Lipinski definition) is 1. The van der Waals surface area contributed by atoms with Crippen LogP contribution in [0.2, 0.25) is 0 Å². The van der Waals surface area contributed by atoms with Gasteiger partial charge in [-0.2, -0.15) is 0 Å². The van der Waals surface area contributed by atoms with Crippen LogP contribution in [-0.2, 0) is 9.59 Å². The zero-order chi connectivity index (χ0) is 17.3. The maximum atomic E-state index is 12.7. The van der Waals surface area contributed by atoms with Crippen LogP contribution in [0.1, 0.15) is 5.56 Å². The Labute approximate surface area is 144 Å². The minimum Gasteiger partial charge on any atom is -0.495 e. The molecule has 24 heavy (non-hydrogen) atoms. The number of imide groups is 1. The Bertz CT molecular complexity index is 861. The first-order valence-electron chi connectivity index (χ1n) is 7.28. The van der Waals surface area contributed by atoms with Gasteiger partial charge in [0.2, 0.25) is 0 Å². The number of nitrogens with one attached hydrogen (secondary N) is 1. The van der Waals surface area contributed by atoms with Crippen LogP contribution >= 0.6 is 11.6 Å². The van der Waals surface area contributed by atoms with Crippen molar-refractivity contribution in [1.82, 2.24) is 0 Å². The minimum atomic E-state index is -0.551. The van der Waals surface area contributed by atoms with E-state index in [9.17, 15) is 9.59 Å². The number of anilines is 2. The van der Waals surface area contributed by atoms with E-state index in [1.807, 2.05) is 13.0 Å². The summed E-state index contributed by atoms with van der Waals surface area (Å²) in [5, 5.41) is 2.77. The molecular weight excluding hydrogens is 328 g/mol. The van der Waals surface area contributed by atoms with Crippen molar-refractivity contribution in [2.24, 2.45) is 0 Å². The highest BCUT2D eigenvalue weighted by atomic mass is 35.5. The lowest BCUT2D eigenvalue weighted by atomic mass is 10.2. The second-order valence-electron chi connectivity index (χ2n) is 5.30. The Morgan fingerprint density at radius 1 is 1.04 bits per heavy atom. The molecule has 0 spiro atoms. The number of aryl methyl sites for hydroxylation is 1. The van der Waals surface area contributed by atoms with Gasteiger partial charge in [0, 0.05) is 0 Å². The quantitative estimate of drug-likeness (QED) is 0.865. The number of amides is 2. The molecule has 0 bridgehead atoms. The lowest BCUT2D eigenvalue weighted by molar-refractivity contribution is -0.120. The van der Waals surface area contributed by atoms with E-state index >= 15 is 0 Å². The maximum absolute atomic E-state index is 12.7. The average molecular weight is 343 g/mol. The average Bonchev–Trinajstić information content (AvgIpc) is 2.79. The fourth-order valence-corrected chi connectivity index (χ4v) is 2.71. The topological polar surface area (TPSA) is 58.6 Å². The number of carbonyl (C=O) groups excluding carboxylic acids is 2. The normalized spacial score (nSPS) is 14.4. The molecule has 0 aliphatic carbocycles. The van der Waals surface area contributed by atoms with Gasteiger partial charge < -0.3 is 10.1 Å². The molecule has 2 amide bonds. The fourth-order valence-electron chi connectivity index (χ4n) is 2.50. The number of nitrogens with zero attached hydrogens (tertiary/aromatic N) is 1. The van der Waals surface area contributed by atoms with Crippen molar-refractivity contribution in [1.29, 1.82) is 0 Å². The SMILES string of the molecule is COc1ccccc1NC1=C(Cl)C(=O)N(c2cccc(C)c2)C1=O. The number of methoxy groups -OCH3 is 1. The van der Waals surface area contributed by atoms with Gasteiger partial charge in [0.1, 0.15) is 16.5 Å². The molecule has 0 unspecified atom stereocenters. The largest absolute Gasteiger partial charge is 0.495 e. The number of benzene rings is 2. The maximum Gasteiger partial charge on any atom is 0.283 e. The van der Waals surface area contributed by atoms with Crippen molar-refractivity contribution < 1.29 is 14.3 Å². The summed E-state index contributed by atoms with van der Waals surface area (Å²) in [6, 6.07) is 14.2. The first-order chi connectivity index (χ1) is 11.5. The van der Waals surface area contributed by atoms with Gasteiger partial charge in [-0.05, 0) is 36.8 Å². The van der Waals surface area contributed by atoms with Crippen molar-refractivity contribution in [3.05, 3.63) is 64.8 Å². The molecule has 0 radical (unpaired) electrons. The van der Waals surface area contributed by atoms with E-state index < -0.39 is 11.8 Å². The lowest BCUT2D eigenvalue weighted by Gasteiger charge is -2.16. The summed E-state index contributed by atoms with van der Waals surface area (Å²) >= 11 is 6.12. The van der Waals surface area contributed by atoms with Crippen LogP contribution in [0.4, 0.5) is 11.4 Å². The van der Waals surface area contributed by atoms with Crippen LogP contribution in [0.15, 0.2) is 59.3 Å². The molecule has 3 rings (SSSR count). The van der Waals surface area contributed by atoms with Crippen molar-refractivity contribution in [2.45, 2.75) is 6.92 Å². The van der Waals surface area contributed by atoms with Gasteiger partial charge in [-0.15, -0.1) is 0 Å². The molecule has 2 aromatic carbocycles. The van der Waals surface area contributed by atoms with Crippen LogP contribution in [0.5, 0.6) is 5.75 Å². The molecule has 1 aliphatic rings. The zero-order valence-corrected chi connectivity index (χ0v) is 13.9. The van der Waals surface area contributed by atoms with Crippen molar-refractivity contribution >= 4 is 34.8 Å². The Balaban J connectivity index is 1.95. The lowest BCUT2D eigenvalue weighted by Crippen LogP contribution is -2.32. The first kappa shape index (κ1) is 16.1. The summed E-state index contributed by atoms with van der Waals surface area (Å²) in [4.78, 5) is 26.2. The fraction of sp³-hybridized carbons (Fsp3) is 0.111. The minimum absolute atomic E-state index is 0.0349. The molecule has 1 N–H and O–H groups in total. The summed E-state index contributed by atoms with van der Waals surface area (Å²) in [6.07, 6.45) is 0. The van der Waals surface area contributed by atoms with Crippen LogP contribution in [0.3, 0.4) is 0 Å². The molecule has 5 nitrogen and oxygen atoms in total. The number of halogens is 1. The molecule has 0 saturated heterocycles. The van der Waals surface area contributed by atoms with E-state index in [4.69, 9.17) is 16.3 Å². The van der Waals surface area contributed by atoms with Crippen LogP contribution in [0, 0.1) is 6.92 Å². The third kappa shape index (κ3) is 2.74. The van der Waals surface area contributed by atoms with Gasteiger partial charge in [0.15, 0.2) is 0 Å².